The van der Waals surface area contributed by atoms with Crippen LogP contribution in [-0.4, -0.2) is 0 Å². The van der Waals surface area contributed by atoms with Crippen molar-refractivity contribution in [3.63, 3.8) is 0 Å². The van der Waals surface area contributed by atoms with E-state index < -0.39 is 0 Å². The molecule has 29 heavy (non-hydrogen) atoms. The monoisotopic (exact) mass is 396 g/mol. The first-order valence-electron chi connectivity index (χ1n) is 13.4. The number of unbranched alkanes of at least 4 members (excludes halogenated alkanes) is 3. The van der Waals surface area contributed by atoms with Crippen molar-refractivity contribution in [2.24, 2.45) is 17.8 Å². The van der Waals surface area contributed by atoms with Crippen molar-refractivity contribution in [2.45, 2.75) is 129 Å². The maximum atomic E-state index is 2.48. The van der Waals surface area contributed by atoms with E-state index >= 15 is 0 Å². The molecule has 0 bridgehead atoms. The van der Waals surface area contributed by atoms with E-state index in [2.05, 4.69) is 38.1 Å². The van der Waals surface area contributed by atoms with Crippen LogP contribution >= 0.6 is 0 Å². The van der Waals surface area contributed by atoms with Gasteiger partial charge in [0.25, 0.3) is 0 Å². The smallest absolute Gasteiger partial charge is 0.0159 e. The topological polar surface area (TPSA) is 0 Å². The molecule has 0 N–H and O–H groups in total. The van der Waals surface area contributed by atoms with Crippen LogP contribution in [0.25, 0.3) is 0 Å². The molecular weight excluding hydrogens is 348 g/mol. The fourth-order valence-electron chi connectivity index (χ4n) is 6.17. The summed E-state index contributed by atoms with van der Waals surface area (Å²) in [5.41, 5.74) is 3.21. The van der Waals surface area contributed by atoms with Gasteiger partial charge in [0.1, 0.15) is 0 Å². The minimum Gasteiger partial charge on any atom is -0.0654 e. The normalized spacial score (nSPS) is 27.8. The summed E-state index contributed by atoms with van der Waals surface area (Å²) in [6.45, 7) is 4.65. The van der Waals surface area contributed by atoms with E-state index in [-0.39, 0.29) is 0 Å². The van der Waals surface area contributed by atoms with Crippen molar-refractivity contribution in [2.75, 3.05) is 0 Å². The van der Waals surface area contributed by atoms with Crippen LogP contribution in [0.3, 0.4) is 0 Å². The SMILES string of the molecule is CCCCCC1CCCC(c2ccc(CCC3CCC(CCCC)CC3)cc2)C1. The fourth-order valence-corrected chi connectivity index (χ4v) is 6.17. The van der Waals surface area contributed by atoms with Gasteiger partial charge in [0.2, 0.25) is 0 Å². The molecule has 0 saturated heterocycles. The highest BCUT2D eigenvalue weighted by atomic mass is 14.3. The van der Waals surface area contributed by atoms with Crippen LogP contribution in [0.2, 0.25) is 0 Å². The number of hydrogen-bond donors (Lipinski definition) is 0. The largest absolute Gasteiger partial charge is 0.0654 e. The summed E-state index contributed by atoms with van der Waals surface area (Å²) >= 11 is 0. The molecule has 0 heteroatoms. The van der Waals surface area contributed by atoms with Crippen LogP contribution in [0.1, 0.15) is 134 Å². The van der Waals surface area contributed by atoms with E-state index in [1.54, 1.807) is 11.1 Å². The summed E-state index contributed by atoms with van der Waals surface area (Å²) in [7, 11) is 0. The Morgan fingerprint density at radius 1 is 0.655 bits per heavy atom. The molecule has 0 aromatic heterocycles. The van der Waals surface area contributed by atoms with Crippen LogP contribution in [0, 0.1) is 17.8 Å². The van der Waals surface area contributed by atoms with Gasteiger partial charge < -0.3 is 0 Å². The van der Waals surface area contributed by atoms with Crippen molar-refractivity contribution in [1.29, 1.82) is 0 Å². The molecule has 2 atom stereocenters. The zero-order chi connectivity index (χ0) is 20.3. The number of benzene rings is 1. The minimum atomic E-state index is 0.836. The van der Waals surface area contributed by atoms with E-state index in [1.807, 2.05) is 0 Å². The van der Waals surface area contributed by atoms with Gasteiger partial charge in [-0.2, -0.15) is 0 Å². The molecule has 0 radical (unpaired) electrons. The molecular formula is C29H48. The highest BCUT2D eigenvalue weighted by Gasteiger charge is 2.23. The summed E-state index contributed by atoms with van der Waals surface area (Å²) in [5, 5.41) is 0. The van der Waals surface area contributed by atoms with Gasteiger partial charge in [0.15, 0.2) is 0 Å². The Morgan fingerprint density at radius 2 is 1.31 bits per heavy atom. The Morgan fingerprint density at radius 3 is 2.00 bits per heavy atom. The summed E-state index contributed by atoms with van der Waals surface area (Å²) in [4.78, 5) is 0. The molecule has 2 aliphatic carbocycles. The van der Waals surface area contributed by atoms with E-state index in [0.717, 1.165) is 23.7 Å². The van der Waals surface area contributed by atoms with Crippen molar-refractivity contribution in [3.8, 4) is 0 Å². The average Bonchev–Trinajstić information content (AvgIpc) is 2.78. The quantitative estimate of drug-likeness (QED) is 0.327. The third-order valence-electron chi connectivity index (χ3n) is 8.22. The molecule has 0 spiro atoms. The second kappa shape index (κ2) is 12.8. The van der Waals surface area contributed by atoms with Gasteiger partial charge in [-0.15, -0.1) is 0 Å². The van der Waals surface area contributed by atoms with E-state index in [1.165, 1.54) is 109 Å². The Kier molecular flexibility index (Phi) is 10.1. The molecule has 0 aliphatic heterocycles. The fraction of sp³-hybridized carbons (Fsp3) is 0.793. The first-order chi connectivity index (χ1) is 14.3. The highest BCUT2D eigenvalue weighted by Crippen LogP contribution is 2.39. The number of rotatable bonds is 11. The molecule has 0 nitrogen and oxygen atoms in total. The maximum Gasteiger partial charge on any atom is -0.0159 e. The number of aryl methyl sites for hydroxylation is 1. The lowest BCUT2D eigenvalue weighted by atomic mass is 9.76. The summed E-state index contributed by atoms with van der Waals surface area (Å²) in [6, 6.07) is 9.89. The van der Waals surface area contributed by atoms with E-state index in [4.69, 9.17) is 0 Å². The van der Waals surface area contributed by atoms with Crippen molar-refractivity contribution in [1.82, 2.24) is 0 Å². The Labute approximate surface area is 182 Å². The van der Waals surface area contributed by atoms with Crippen LogP contribution in [0.5, 0.6) is 0 Å². The lowest BCUT2D eigenvalue weighted by Crippen LogP contribution is -2.15. The molecule has 2 unspecified atom stereocenters. The highest BCUT2D eigenvalue weighted by molar-refractivity contribution is 5.26. The van der Waals surface area contributed by atoms with E-state index in [0.29, 0.717) is 0 Å². The third-order valence-corrected chi connectivity index (χ3v) is 8.22. The summed E-state index contributed by atoms with van der Waals surface area (Å²) in [6.07, 6.45) is 24.5. The average molecular weight is 397 g/mol. The standard InChI is InChI=1S/C29H48/c1-3-5-7-10-27-11-8-12-29(23-27)28-21-19-26(20-22-28)18-17-25-15-13-24(14-16-25)9-6-4-2/h19-22,24-25,27,29H,3-18,23H2,1-2H3. The van der Waals surface area contributed by atoms with Gasteiger partial charge in [-0.1, -0.05) is 122 Å². The van der Waals surface area contributed by atoms with Crippen molar-refractivity contribution in [3.05, 3.63) is 35.4 Å². The predicted octanol–water partition coefficient (Wildman–Crippen LogP) is 9.47. The van der Waals surface area contributed by atoms with Crippen LogP contribution in [0.15, 0.2) is 24.3 Å². The summed E-state index contributed by atoms with van der Waals surface area (Å²) in [5.74, 6) is 3.87. The predicted molar refractivity (Wildman–Crippen MR) is 129 cm³/mol. The molecule has 2 aliphatic rings. The molecule has 1 aromatic carbocycles. The molecule has 2 saturated carbocycles. The second-order valence-corrected chi connectivity index (χ2v) is 10.5. The van der Waals surface area contributed by atoms with Crippen LogP contribution < -0.4 is 0 Å². The lowest BCUT2D eigenvalue weighted by molar-refractivity contribution is 0.250. The van der Waals surface area contributed by atoms with Gasteiger partial charge >= 0.3 is 0 Å². The molecule has 0 heterocycles. The number of hydrogen-bond acceptors (Lipinski definition) is 0. The summed E-state index contributed by atoms with van der Waals surface area (Å²) < 4.78 is 0. The second-order valence-electron chi connectivity index (χ2n) is 10.5. The van der Waals surface area contributed by atoms with Crippen molar-refractivity contribution >= 4 is 0 Å². The van der Waals surface area contributed by atoms with Crippen LogP contribution in [-0.2, 0) is 6.42 Å². The maximum absolute atomic E-state index is 2.48. The Hall–Kier alpha value is -0.780. The molecule has 0 amide bonds. The Bertz CT molecular complexity index is 534. The molecule has 2 fully saturated rings. The van der Waals surface area contributed by atoms with Gasteiger partial charge in [0.05, 0.1) is 0 Å². The Balaban J connectivity index is 1.39. The van der Waals surface area contributed by atoms with Crippen LogP contribution in [0.4, 0.5) is 0 Å². The zero-order valence-corrected chi connectivity index (χ0v) is 19.6. The molecule has 1 aromatic rings. The minimum absolute atomic E-state index is 0.836. The van der Waals surface area contributed by atoms with Gasteiger partial charge in [-0.25, -0.2) is 0 Å². The van der Waals surface area contributed by atoms with Gasteiger partial charge in [-0.05, 0) is 60.5 Å². The van der Waals surface area contributed by atoms with E-state index in [9.17, 15) is 0 Å². The molecule has 3 rings (SSSR count). The van der Waals surface area contributed by atoms with Crippen molar-refractivity contribution < 1.29 is 0 Å². The van der Waals surface area contributed by atoms with Gasteiger partial charge in [-0.3, -0.25) is 0 Å². The first-order valence-corrected chi connectivity index (χ1v) is 13.4. The third kappa shape index (κ3) is 7.76. The zero-order valence-electron chi connectivity index (χ0n) is 19.6. The molecule has 164 valence electrons. The lowest BCUT2D eigenvalue weighted by Gasteiger charge is -2.30. The first kappa shape index (κ1) is 22.9. The van der Waals surface area contributed by atoms with Gasteiger partial charge in [0, 0.05) is 0 Å².